The lowest BCUT2D eigenvalue weighted by Gasteiger charge is -2.14. The van der Waals surface area contributed by atoms with Crippen molar-refractivity contribution in [2.45, 2.75) is 51.6 Å². The van der Waals surface area contributed by atoms with Crippen LogP contribution in [0, 0.1) is 0 Å². The van der Waals surface area contributed by atoms with Crippen LogP contribution in [0.4, 0.5) is 13.2 Å². The van der Waals surface area contributed by atoms with Gasteiger partial charge in [-0.05, 0) is 24.6 Å². The molecule has 0 aromatic heterocycles. The Labute approximate surface area is 128 Å². The van der Waals surface area contributed by atoms with Crippen molar-refractivity contribution in [3.8, 4) is 5.75 Å². The first-order chi connectivity index (χ1) is 10.4. The molecule has 22 heavy (non-hydrogen) atoms. The normalized spacial score (nSPS) is 11.5. The number of carboxylic acid groups (broad SMARTS) is 1. The van der Waals surface area contributed by atoms with E-state index in [1.165, 1.54) is 0 Å². The van der Waals surface area contributed by atoms with Gasteiger partial charge in [-0.25, -0.2) is 4.79 Å². The second-order valence-corrected chi connectivity index (χ2v) is 5.13. The largest absolute Gasteiger partial charge is 0.493 e. The first-order valence-corrected chi connectivity index (χ1v) is 7.43. The van der Waals surface area contributed by atoms with Crippen LogP contribution in [0.5, 0.6) is 5.75 Å². The van der Waals surface area contributed by atoms with Crippen LogP contribution in [-0.4, -0.2) is 17.7 Å². The molecule has 3 nitrogen and oxygen atoms in total. The average molecular weight is 318 g/mol. The molecule has 1 aromatic carbocycles. The topological polar surface area (TPSA) is 46.5 Å². The van der Waals surface area contributed by atoms with Gasteiger partial charge in [-0.1, -0.05) is 39.0 Å². The van der Waals surface area contributed by atoms with E-state index in [2.05, 4.69) is 6.92 Å². The molecule has 1 rings (SSSR count). The highest BCUT2D eigenvalue weighted by molar-refractivity contribution is 5.88. The summed E-state index contributed by atoms with van der Waals surface area (Å²) in [6.07, 6.45) is 1.40. The second-order valence-electron chi connectivity index (χ2n) is 5.13. The molecule has 0 spiro atoms. The number of hydrogen-bond acceptors (Lipinski definition) is 2. The number of halogens is 3. The number of carboxylic acids is 1. The smallest absolute Gasteiger partial charge is 0.419 e. The van der Waals surface area contributed by atoms with Gasteiger partial charge in [0, 0.05) is 0 Å². The number of ether oxygens (including phenoxy) is 1. The highest BCUT2D eigenvalue weighted by Crippen LogP contribution is 2.36. The summed E-state index contributed by atoms with van der Waals surface area (Å²) < 4.78 is 43.8. The maximum absolute atomic E-state index is 12.9. The van der Waals surface area contributed by atoms with Gasteiger partial charge in [0.25, 0.3) is 0 Å². The Kier molecular flexibility index (Phi) is 7.21. The van der Waals surface area contributed by atoms with E-state index in [9.17, 15) is 18.0 Å². The molecule has 0 atom stereocenters. The van der Waals surface area contributed by atoms with Crippen molar-refractivity contribution in [1.29, 1.82) is 0 Å². The van der Waals surface area contributed by atoms with E-state index in [1.807, 2.05) is 0 Å². The van der Waals surface area contributed by atoms with E-state index in [0.717, 1.165) is 50.3 Å². The predicted octanol–water partition coefficient (Wildman–Crippen LogP) is 5.14. The van der Waals surface area contributed by atoms with Crippen molar-refractivity contribution >= 4 is 5.97 Å². The molecular weight excluding hydrogens is 297 g/mol. The van der Waals surface area contributed by atoms with Crippen molar-refractivity contribution in [3.05, 3.63) is 29.3 Å². The number of carbonyl (C=O) groups is 1. The molecule has 0 radical (unpaired) electrons. The minimum absolute atomic E-state index is 0.151. The van der Waals surface area contributed by atoms with Gasteiger partial charge in [-0.2, -0.15) is 13.2 Å². The fraction of sp³-hybridized carbons (Fsp3) is 0.562. The molecule has 0 aliphatic heterocycles. The number of hydrogen-bond donors (Lipinski definition) is 1. The molecule has 1 aromatic rings. The van der Waals surface area contributed by atoms with Crippen LogP contribution in [0.1, 0.15) is 61.4 Å². The average Bonchev–Trinajstić information content (AvgIpc) is 2.45. The van der Waals surface area contributed by atoms with E-state index in [-0.39, 0.29) is 12.2 Å². The Hall–Kier alpha value is -1.72. The van der Waals surface area contributed by atoms with E-state index >= 15 is 0 Å². The summed E-state index contributed by atoms with van der Waals surface area (Å²) >= 11 is 0. The molecule has 6 heteroatoms. The highest BCUT2D eigenvalue weighted by atomic mass is 19.4. The quantitative estimate of drug-likeness (QED) is 0.641. The molecule has 0 fully saturated rings. The van der Waals surface area contributed by atoms with E-state index in [4.69, 9.17) is 9.84 Å². The van der Waals surface area contributed by atoms with Gasteiger partial charge in [-0.3, -0.25) is 0 Å². The first kappa shape index (κ1) is 18.3. The zero-order valence-corrected chi connectivity index (χ0v) is 12.6. The standard InChI is InChI=1S/C16H21F3O3/c1-2-3-4-5-6-7-10-22-14-11-12(15(20)21)8-9-13(14)16(17,18)19/h8-9,11H,2-7,10H2,1H3,(H,20,21). The molecule has 0 amide bonds. The number of rotatable bonds is 9. The minimum atomic E-state index is -4.56. The third-order valence-electron chi connectivity index (χ3n) is 3.29. The molecule has 1 N–H and O–H groups in total. The van der Waals surface area contributed by atoms with Crippen LogP contribution >= 0.6 is 0 Å². The third-order valence-corrected chi connectivity index (χ3v) is 3.29. The van der Waals surface area contributed by atoms with Crippen LogP contribution in [0.2, 0.25) is 0 Å². The summed E-state index contributed by atoms with van der Waals surface area (Å²) in [5, 5.41) is 8.86. The van der Waals surface area contributed by atoms with Crippen LogP contribution in [-0.2, 0) is 6.18 Å². The van der Waals surface area contributed by atoms with Gasteiger partial charge in [0.05, 0.1) is 17.7 Å². The molecule has 0 saturated carbocycles. The lowest BCUT2D eigenvalue weighted by molar-refractivity contribution is -0.139. The van der Waals surface area contributed by atoms with Gasteiger partial charge < -0.3 is 9.84 Å². The summed E-state index contributed by atoms with van der Waals surface area (Å²) in [5.41, 5.74) is -1.16. The lowest BCUT2D eigenvalue weighted by atomic mass is 10.1. The van der Waals surface area contributed by atoms with Crippen LogP contribution < -0.4 is 4.74 Å². The highest BCUT2D eigenvalue weighted by Gasteiger charge is 2.34. The SMILES string of the molecule is CCCCCCCCOc1cc(C(=O)O)ccc1C(F)(F)F. The minimum Gasteiger partial charge on any atom is -0.493 e. The molecule has 0 unspecified atom stereocenters. The van der Waals surface area contributed by atoms with Crippen LogP contribution in [0.25, 0.3) is 0 Å². The number of benzene rings is 1. The summed E-state index contributed by atoms with van der Waals surface area (Å²) in [7, 11) is 0. The van der Waals surface area contributed by atoms with Crippen molar-refractivity contribution < 1.29 is 27.8 Å². The summed E-state index contributed by atoms with van der Waals surface area (Å²) in [6, 6.07) is 2.62. The Bertz CT molecular complexity index is 484. The molecule has 0 aliphatic carbocycles. The second kappa shape index (κ2) is 8.66. The summed E-state index contributed by atoms with van der Waals surface area (Å²) in [6.45, 7) is 2.26. The fourth-order valence-electron chi connectivity index (χ4n) is 2.07. The van der Waals surface area contributed by atoms with Crippen LogP contribution in [0.15, 0.2) is 18.2 Å². The molecular formula is C16H21F3O3. The number of alkyl halides is 3. The van der Waals surface area contributed by atoms with Gasteiger partial charge in [0.2, 0.25) is 0 Å². The number of unbranched alkanes of at least 4 members (excludes halogenated alkanes) is 5. The van der Waals surface area contributed by atoms with Crippen LogP contribution in [0.3, 0.4) is 0 Å². The fourth-order valence-corrected chi connectivity index (χ4v) is 2.07. The molecule has 0 aliphatic rings. The molecule has 0 heterocycles. The maximum Gasteiger partial charge on any atom is 0.419 e. The lowest BCUT2D eigenvalue weighted by Crippen LogP contribution is -2.11. The van der Waals surface area contributed by atoms with E-state index in [1.54, 1.807) is 0 Å². The summed E-state index contributed by atoms with van der Waals surface area (Å²) in [5.74, 6) is -1.70. The first-order valence-electron chi connectivity index (χ1n) is 7.43. The molecule has 124 valence electrons. The predicted molar refractivity (Wildman–Crippen MR) is 77.3 cm³/mol. The zero-order chi connectivity index (χ0) is 16.6. The Morgan fingerprint density at radius 1 is 1.14 bits per heavy atom. The van der Waals surface area contributed by atoms with Crippen molar-refractivity contribution in [3.63, 3.8) is 0 Å². The van der Waals surface area contributed by atoms with Gasteiger partial charge >= 0.3 is 12.1 Å². The third kappa shape index (κ3) is 5.95. The van der Waals surface area contributed by atoms with Crippen molar-refractivity contribution in [2.75, 3.05) is 6.61 Å². The Balaban J connectivity index is 2.62. The van der Waals surface area contributed by atoms with E-state index < -0.39 is 23.5 Å². The van der Waals surface area contributed by atoms with Gasteiger partial charge in [-0.15, -0.1) is 0 Å². The Morgan fingerprint density at radius 3 is 2.36 bits per heavy atom. The van der Waals surface area contributed by atoms with Gasteiger partial charge in [0.15, 0.2) is 0 Å². The monoisotopic (exact) mass is 318 g/mol. The molecule has 0 bridgehead atoms. The number of aromatic carboxylic acids is 1. The van der Waals surface area contributed by atoms with Crippen molar-refractivity contribution in [2.24, 2.45) is 0 Å². The summed E-state index contributed by atoms with van der Waals surface area (Å²) in [4.78, 5) is 10.9. The maximum atomic E-state index is 12.9. The van der Waals surface area contributed by atoms with Crippen molar-refractivity contribution in [1.82, 2.24) is 0 Å². The van der Waals surface area contributed by atoms with E-state index in [0.29, 0.717) is 6.42 Å². The van der Waals surface area contributed by atoms with Gasteiger partial charge in [0.1, 0.15) is 5.75 Å². The molecule has 0 saturated heterocycles. The Morgan fingerprint density at radius 2 is 1.77 bits per heavy atom. The zero-order valence-electron chi connectivity index (χ0n) is 12.6.